The monoisotopic (exact) mass is 252 g/mol. The number of aryl methyl sites for hydroxylation is 1. The number of hydrogen-bond acceptors (Lipinski definition) is 4. The summed E-state index contributed by atoms with van der Waals surface area (Å²) in [6.45, 7) is 3.98. The van der Waals surface area contributed by atoms with Crippen molar-refractivity contribution in [3.63, 3.8) is 0 Å². The standard InChI is InChI=1S/C12H16N2O4/c1-3-4-8-18-13-12(15)10-7-5-6-9(2)11(10)14(16)17/h5-7H,3-4,8H2,1-2H3,(H,13,15). The fourth-order valence-corrected chi connectivity index (χ4v) is 1.47. The highest BCUT2D eigenvalue weighted by molar-refractivity contribution is 5.98. The maximum absolute atomic E-state index is 11.7. The van der Waals surface area contributed by atoms with Gasteiger partial charge in [0.2, 0.25) is 0 Å². The second kappa shape index (κ2) is 6.70. The molecule has 1 rings (SSSR count). The summed E-state index contributed by atoms with van der Waals surface area (Å²) in [4.78, 5) is 27.0. The van der Waals surface area contributed by atoms with Crippen LogP contribution in [0.2, 0.25) is 0 Å². The van der Waals surface area contributed by atoms with Crippen LogP contribution in [-0.4, -0.2) is 17.4 Å². The zero-order valence-corrected chi connectivity index (χ0v) is 10.4. The van der Waals surface area contributed by atoms with Crippen molar-refractivity contribution in [1.29, 1.82) is 0 Å². The summed E-state index contributed by atoms with van der Waals surface area (Å²) >= 11 is 0. The van der Waals surface area contributed by atoms with Crippen molar-refractivity contribution >= 4 is 11.6 Å². The summed E-state index contributed by atoms with van der Waals surface area (Å²) in [6, 6.07) is 4.60. The highest BCUT2D eigenvalue weighted by Crippen LogP contribution is 2.22. The Morgan fingerprint density at radius 3 is 2.83 bits per heavy atom. The van der Waals surface area contributed by atoms with Crippen LogP contribution in [0.15, 0.2) is 18.2 Å². The van der Waals surface area contributed by atoms with Crippen molar-refractivity contribution < 1.29 is 14.6 Å². The lowest BCUT2D eigenvalue weighted by atomic mass is 10.1. The molecule has 1 N–H and O–H groups in total. The molecule has 0 heterocycles. The molecule has 0 radical (unpaired) electrons. The van der Waals surface area contributed by atoms with Gasteiger partial charge in [-0.25, -0.2) is 5.48 Å². The smallest absolute Gasteiger partial charge is 0.273 e. The van der Waals surface area contributed by atoms with Crippen LogP contribution >= 0.6 is 0 Å². The third-order valence-electron chi connectivity index (χ3n) is 2.43. The maximum Gasteiger partial charge on any atom is 0.285 e. The van der Waals surface area contributed by atoms with Gasteiger partial charge in [0.1, 0.15) is 5.56 Å². The molecule has 0 aliphatic heterocycles. The molecule has 1 amide bonds. The van der Waals surface area contributed by atoms with Crippen molar-refractivity contribution in [3.05, 3.63) is 39.4 Å². The van der Waals surface area contributed by atoms with E-state index in [0.717, 1.165) is 12.8 Å². The van der Waals surface area contributed by atoms with E-state index in [1.54, 1.807) is 19.1 Å². The lowest BCUT2D eigenvalue weighted by molar-refractivity contribution is -0.385. The summed E-state index contributed by atoms with van der Waals surface area (Å²) in [6.07, 6.45) is 1.76. The summed E-state index contributed by atoms with van der Waals surface area (Å²) in [5.74, 6) is -0.596. The van der Waals surface area contributed by atoms with Crippen LogP contribution in [-0.2, 0) is 4.84 Å². The Balaban J connectivity index is 2.79. The SMILES string of the molecule is CCCCONC(=O)c1cccc(C)c1[N+](=O)[O-]. The molecule has 0 atom stereocenters. The van der Waals surface area contributed by atoms with Crippen LogP contribution in [0, 0.1) is 17.0 Å². The number of hydroxylamine groups is 1. The summed E-state index contributed by atoms with van der Waals surface area (Å²) in [7, 11) is 0. The Labute approximate surface area is 105 Å². The molecule has 0 aromatic heterocycles. The number of amides is 1. The zero-order valence-electron chi connectivity index (χ0n) is 10.4. The molecule has 0 aliphatic rings. The van der Waals surface area contributed by atoms with E-state index in [0.29, 0.717) is 12.2 Å². The molecule has 6 heteroatoms. The van der Waals surface area contributed by atoms with Gasteiger partial charge in [-0.3, -0.25) is 19.7 Å². The van der Waals surface area contributed by atoms with Crippen LogP contribution < -0.4 is 5.48 Å². The molecule has 0 unspecified atom stereocenters. The third-order valence-corrected chi connectivity index (χ3v) is 2.43. The Morgan fingerprint density at radius 1 is 1.50 bits per heavy atom. The van der Waals surface area contributed by atoms with Gasteiger partial charge in [-0.05, 0) is 19.4 Å². The number of rotatable bonds is 6. The topological polar surface area (TPSA) is 81.5 Å². The molecule has 6 nitrogen and oxygen atoms in total. The minimum absolute atomic E-state index is 0.0106. The Hall–Kier alpha value is -1.95. The van der Waals surface area contributed by atoms with Crippen molar-refractivity contribution in [2.75, 3.05) is 6.61 Å². The van der Waals surface area contributed by atoms with Crippen LogP contribution in [0.3, 0.4) is 0 Å². The van der Waals surface area contributed by atoms with Crippen LogP contribution in [0.5, 0.6) is 0 Å². The molecule has 0 saturated carbocycles. The first-order valence-electron chi connectivity index (χ1n) is 5.74. The van der Waals surface area contributed by atoms with E-state index in [2.05, 4.69) is 5.48 Å². The number of benzene rings is 1. The molecular weight excluding hydrogens is 236 g/mol. The van der Waals surface area contributed by atoms with Gasteiger partial charge in [-0.2, -0.15) is 0 Å². The van der Waals surface area contributed by atoms with E-state index in [9.17, 15) is 14.9 Å². The second-order valence-electron chi connectivity index (χ2n) is 3.86. The quantitative estimate of drug-likeness (QED) is 0.478. The lowest BCUT2D eigenvalue weighted by Gasteiger charge is -2.06. The minimum atomic E-state index is -0.596. The second-order valence-corrected chi connectivity index (χ2v) is 3.86. The largest absolute Gasteiger partial charge is 0.285 e. The van der Waals surface area contributed by atoms with Crippen molar-refractivity contribution in [1.82, 2.24) is 5.48 Å². The molecule has 0 saturated heterocycles. The first kappa shape index (κ1) is 14.1. The van der Waals surface area contributed by atoms with Crippen molar-refractivity contribution in [2.45, 2.75) is 26.7 Å². The van der Waals surface area contributed by atoms with Gasteiger partial charge in [0.05, 0.1) is 11.5 Å². The number of carbonyl (C=O) groups excluding carboxylic acids is 1. The molecule has 1 aromatic rings. The van der Waals surface area contributed by atoms with Gasteiger partial charge in [-0.1, -0.05) is 25.5 Å². The first-order valence-corrected chi connectivity index (χ1v) is 5.74. The molecule has 18 heavy (non-hydrogen) atoms. The van der Waals surface area contributed by atoms with Gasteiger partial charge in [-0.15, -0.1) is 0 Å². The van der Waals surface area contributed by atoms with Gasteiger partial charge < -0.3 is 0 Å². The molecule has 0 aliphatic carbocycles. The number of nitro benzene ring substituents is 1. The normalized spacial score (nSPS) is 10.1. The van der Waals surface area contributed by atoms with Gasteiger partial charge in [0.25, 0.3) is 11.6 Å². The van der Waals surface area contributed by atoms with Gasteiger partial charge in [0.15, 0.2) is 0 Å². The average Bonchev–Trinajstić information content (AvgIpc) is 2.33. The molecule has 98 valence electrons. The van der Waals surface area contributed by atoms with E-state index in [-0.39, 0.29) is 11.3 Å². The number of nitrogens with zero attached hydrogens (tertiary/aromatic N) is 1. The number of para-hydroxylation sites is 1. The minimum Gasteiger partial charge on any atom is -0.273 e. The fourth-order valence-electron chi connectivity index (χ4n) is 1.47. The zero-order chi connectivity index (χ0) is 13.5. The molecule has 0 spiro atoms. The van der Waals surface area contributed by atoms with E-state index >= 15 is 0 Å². The predicted octanol–water partition coefficient (Wildman–Crippen LogP) is 2.36. The Morgan fingerprint density at radius 2 is 2.22 bits per heavy atom. The number of nitro groups is 1. The number of unbranched alkanes of at least 4 members (excludes halogenated alkanes) is 1. The van der Waals surface area contributed by atoms with E-state index < -0.39 is 10.8 Å². The maximum atomic E-state index is 11.7. The highest BCUT2D eigenvalue weighted by Gasteiger charge is 2.22. The molecule has 0 fully saturated rings. The number of hydrogen-bond donors (Lipinski definition) is 1. The molecule has 0 bridgehead atoms. The summed E-state index contributed by atoms with van der Waals surface area (Å²) in [5, 5.41) is 10.9. The van der Waals surface area contributed by atoms with Gasteiger partial charge in [0, 0.05) is 5.56 Å². The lowest BCUT2D eigenvalue weighted by Crippen LogP contribution is -2.25. The Bertz CT molecular complexity index is 446. The highest BCUT2D eigenvalue weighted by atomic mass is 16.7. The molecule has 1 aromatic carbocycles. The van der Waals surface area contributed by atoms with E-state index in [1.165, 1.54) is 6.07 Å². The average molecular weight is 252 g/mol. The Kier molecular flexibility index (Phi) is 5.26. The fraction of sp³-hybridized carbons (Fsp3) is 0.417. The molecular formula is C12H16N2O4. The van der Waals surface area contributed by atoms with Crippen LogP contribution in [0.25, 0.3) is 0 Å². The summed E-state index contributed by atoms with van der Waals surface area (Å²) in [5.41, 5.74) is 2.48. The van der Waals surface area contributed by atoms with E-state index in [4.69, 9.17) is 4.84 Å². The number of nitrogens with one attached hydrogen (secondary N) is 1. The number of carbonyl (C=O) groups is 1. The third kappa shape index (κ3) is 3.53. The predicted molar refractivity (Wildman–Crippen MR) is 66.2 cm³/mol. The summed E-state index contributed by atoms with van der Waals surface area (Å²) < 4.78 is 0. The van der Waals surface area contributed by atoms with Crippen molar-refractivity contribution in [3.8, 4) is 0 Å². The van der Waals surface area contributed by atoms with E-state index in [1.807, 2.05) is 6.92 Å². The van der Waals surface area contributed by atoms with Crippen molar-refractivity contribution in [2.24, 2.45) is 0 Å². The first-order chi connectivity index (χ1) is 8.57. The van der Waals surface area contributed by atoms with Crippen LogP contribution in [0.1, 0.15) is 35.7 Å². The van der Waals surface area contributed by atoms with Crippen LogP contribution in [0.4, 0.5) is 5.69 Å². The van der Waals surface area contributed by atoms with Gasteiger partial charge >= 0.3 is 0 Å².